The molecule has 0 aliphatic heterocycles. The van der Waals surface area contributed by atoms with Crippen LogP contribution in [0.3, 0.4) is 0 Å². The summed E-state index contributed by atoms with van der Waals surface area (Å²) in [6, 6.07) is 9.10. The zero-order chi connectivity index (χ0) is 12.1. The Balaban J connectivity index is 1.82. The molecular weight excluding hydrogens is 230 g/mol. The summed E-state index contributed by atoms with van der Waals surface area (Å²) in [6.07, 6.45) is 2.19. The monoisotopic (exact) mass is 247 g/mol. The van der Waals surface area contributed by atoms with Crippen molar-refractivity contribution >= 4 is 16.5 Å². The molecule has 0 fully saturated rings. The molecule has 90 valence electrons. The van der Waals surface area contributed by atoms with E-state index in [1.807, 2.05) is 0 Å². The fourth-order valence-corrected chi connectivity index (χ4v) is 2.33. The normalized spacial score (nSPS) is 12.4. The molecule has 17 heavy (non-hydrogen) atoms. The van der Waals surface area contributed by atoms with Crippen molar-refractivity contribution in [3.05, 3.63) is 40.9 Å². The number of benzene rings is 1. The molecule has 1 heterocycles. The van der Waals surface area contributed by atoms with Crippen molar-refractivity contribution in [3.63, 3.8) is 0 Å². The number of nitrogens with one attached hydrogen (secondary N) is 1. The first kappa shape index (κ1) is 12.0. The third-order valence-electron chi connectivity index (χ3n) is 2.68. The van der Waals surface area contributed by atoms with Gasteiger partial charge in [-0.3, -0.25) is 0 Å². The fourth-order valence-electron chi connectivity index (χ4n) is 1.77. The van der Waals surface area contributed by atoms with Crippen LogP contribution < -0.4 is 5.32 Å². The first-order chi connectivity index (χ1) is 8.24. The summed E-state index contributed by atoms with van der Waals surface area (Å²) in [7, 11) is 0. The van der Waals surface area contributed by atoms with Gasteiger partial charge in [0.1, 0.15) is 5.51 Å². The quantitative estimate of drug-likeness (QED) is 0.881. The molecule has 1 N–H and O–H groups in total. The topological polar surface area (TPSA) is 37.8 Å². The highest BCUT2D eigenvalue weighted by Crippen LogP contribution is 2.13. The molecule has 2 aromatic rings. The molecule has 1 atom stereocenters. The fraction of sp³-hybridized carbons (Fsp3) is 0.385. The van der Waals surface area contributed by atoms with Crippen molar-refractivity contribution in [3.8, 4) is 0 Å². The van der Waals surface area contributed by atoms with Gasteiger partial charge in [-0.15, -0.1) is 10.2 Å². The Morgan fingerprint density at radius 2 is 2.29 bits per heavy atom. The van der Waals surface area contributed by atoms with Crippen molar-refractivity contribution in [1.29, 1.82) is 0 Å². The maximum absolute atomic E-state index is 3.98. The second kappa shape index (κ2) is 5.77. The Morgan fingerprint density at radius 1 is 1.41 bits per heavy atom. The van der Waals surface area contributed by atoms with E-state index < -0.39 is 0 Å². The number of aromatic nitrogens is 2. The van der Waals surface area contributed by atoms with Crippen LogP contribution >= 0.6 is 11.3 Å². The summed E-state index contributed by atoms with van der Waals surface area (Å²) in [4.78, 5) is 0. The van der Waals surface area contributed by atoms with E-state index in [1.165, 1.54) is 11.1 Å². The van der Waals surface area contributed by atoms with E-state index in [-0.39, 0.29) is 0 Å². The van der Waals surface area contributed by atoms with Gasteiger partial charge in [0.05, 0.1) is 0 Å². The zero-order valence-corrected chi connectivity index (χ0v) is 11.0. The predicted molar refractivity (Wildman–Crippen MR) is 72.5 cm³/mol. The molecule has 0 saturated heterocycles. The molecule has 1 aromatic heterocycles. The van der Waals surface area contributed by atoms with Crippen molar-refractivity contribution in [2.45, 2.75) is 32.7 Å². The van der Waals surface area contributed by atoms with Crippen LogP contribution in [-0.4, -0.2) is 16.2 Å². The summed E-state index contributed by atoms with van der Waals surface area (Å²) < 4.78 is 0. The Hall–Kier alpha value is -1.42. The van der Waals surface area contributed by atoms with E-state index in [1.54, 1.807) is 16.8 Å². The molecule has 4 heteroatoms. The van der Waals surface area contributed by atoms with Gasteiger partial charge in [0.15, 0.2) is 0 Å². The molecule has 0 radical (unpaired) electrons. The SMILES string of the molecule is Cc1cccc(CCC(C)Nc2nncs2)c1. The van der Waals surface area contributed by atoms with Crippen LogP contribution in [0.25, 0.3) is 0 Å². The number of hydrogen-bond acceptors (Lipinski definition) is 4. The van der Waals surface area contributed by atoms with E-state index in [2.05, 4.69) is 53.6 Å². The minimum Gasteiger partial charge on any atom is -0.358 e. The third-order valence-corrected chi connectivity index (χ3v) is 3.30. The molecule has 0 aliphatic carbocycles. The Bertz CT molecular complexity index is 453. The lowest BCUT2D eigenvalue weighted by Gasteiger charge is -2.12. The first-order valence-corrected chi connectivity index (χ1v) is 6.70. The highest BCUT2D eigenvalue weighted by Gasteiger charge is 2.04. The lowest BCUT2D eigenvalue weighted by molar-refractivity contribution is 0.703. The van der Waals surface area contributed by atoms with Gasteiger partial charge in [-0.1, -0.05) is 41.2 Å². The zero-order valence-electron chi connectivity index (χ0n) is 10.2. The summed E-state index contributed by atoms with van der Waals surface area (Å²) in [6.45, 7) is 4.31. The molecule has 0 bridgehead atoms. The van der Waals surface area contributed by atoms with Gasteiger partial charge in [-0.05, 0) is 32.3 Å². The van der Waals surface area contributed by atoms with E-state index in [0.29, 0.717) is 6.04 Å². The number of anilines is 1. The van der Waals surface area contributed by atoms with Gasteiger partial charge in [0.2, 0.25) is 5.13 Å². The number of hydrogen-bond donors (Lipinski definition) is 1. The van der Waals surface area contributed by atoms with E-state index >= 15 is 0 Å². The summed E-state index contributed by atoms with van der Waals surface area (Å²) in [5, 5.41) is 12.0. The van der Waals surface area contributed by atoms with E-state index in [9.17, 15) is 0 Å². The van der Waals surface area contributed by atoms with Crippen LogP contribution in [0.5, 0.6) is 0 Å². The second-order valence-corrected chi connectivity index (χ2v) is 5.15. The van der Waals surface area contributed by atoms with Crippen molar-refractivity contribution in [2.24, 2.45) is 0 Å². The van der Waals surface area contributed by atoms with Gasteiger partial charge in [-0.2, -0.15) is 0 Å². The van der Waals surface area contributed by atoms with Crippen LogP contribution in [0, 0.1) is 6.92 Å². The van der Waals surface area contributed by atoms with E-state index in [4.69, 9.17) is 0 Å². The highest BCUT2D eigenvalue weighted by atomic mass is 32.1. The number of rotatable bonds is 5. The van der Waals surface area contributed by atoms with Crippen LogP contribution in [0.1, 0.15) is 24.5 Å². The second-order valence-electron chi connectivity index (χ2n) is 4.32. The summed E-state index contributed by atoms with van der Waals surface area (Å²) in [5.41, 5.74) is 4.47. The lowest BCUT2D eigenvalue weighted by Crippen LogP contribution is -2.15. The average molecular weight is 247 g/mol. The Morgan fingerprint density at radius 3 is 3.00 bits per heavy atom. The van der Waals surface area contributed by atoms with Crippen LogP contribution in [-0.2, 0) is 6.42 Å². The van der Waals surface area contributed by atoms with E-state index in [0.717, 1.165) is 18.0 Å². The van der Waals surface area contributed by atoms with Crippen molar-refractivity contribution < 1.29 is 0 Å². The molecule has 1 aromatic carbocycles. The first-order valence-electron chi connectivity index (χ1n) is 5.82. The predicted octanol–water partition coefficient (Wildman–Crippen LogP) is 3.28. The molecule has 0 saturated carbocycles. The maximum Gasteiger partial charge on any atom is 0.205 e. The smallest absolute Gasteiger partial charge is 0.205 e. The van der Waals surface area contributed by atoms with Gasteiger partial charge in [0, 0.05) is 6.04 Å². The van der Waals surface area contributed by atoms with Crippen molar-refractivity contribution in [1.82, 2.24) is 10.2 Å². The molecule has 1 unspecified atom stereocenters. The molecule has 2 rings (SSSR count). The summed E-state index contributed by atoms with van der Waals surface area (Å²) in [5.74, 6) is 0. The van der Waals surface area contributed by atoms with Gasteiger partial charge in [-0.25, -0.2) is 0 Å². The molecular formula is C13H17N3S. The third kappa shape index (κ3) is 3.82. The number of aryl methyl sites for hydroxylation is 2. The van der Waals surface area contributed by atoms with Crippen LogP contribution in [0.15, 0.2) is 29.8 Å². The van der Waals surface area contributed by atoms with Crippen molar-refractivity contribution in [2.75, 3.05) is 5.32 Å². The standard InChI is InChI=1S/C13H17N3S/c1-10-4-3-5-12(8-10)7-6-11(2)15-13-16-14-9-17-13/h3-5,8-9,11H,6-7H2,1-2H3,(H,15,16). The van der Waals surface area contributed by atoms with Crippen LogP contribution in [0.4, 0.5) is 5.13 Å². The maximum atomic E-state index is 3.98. The minimum atomic E-state index is 0.420. The molecule has 0 aliphatic rings. The lowest BCUT2D eigenvalue weighted by atomic mass is 10.0. The van der Waals surface area contributed by atoms with Gasteiger partial charge < -0.3 is 5.32 Å². The molecule has 0 amide bonds. The van der Waals surface area contributed by atoms with Gasteiger partial charge >= 0.3 is 0 Å². The average Bonchev–Trinajstić information content (AvgIpc) is 2.79. The molecule has 3 nitrogen and oxygen atoms in total. The Kier molecular flexibility index (Phi) is 4.09. The highest BCUT2D eigenvalue weighted by molar-refractivity contribution is 7.13. The molecule has 0 spiro atoms. The number of nitrogens with zero attached hydrogens (tertiary/aromatic N) is 2. The minimum absolute atomic E-state index is 0.420. The summed E-state index contributed by atoms with van der Waals surface area (Å²) >= 11 is 1.54. The largest absolute Gasteiger partial charge is 0.358 e. The van der Waals surface area contributed by atoms with Crippen LogP contribution in [0.2, 0.25) is 0 Å². The Labute approximate surface area is 106 Å². The van der Waals surface area contributed by atoms with Gasteiger partial charge in [0.25, 0.3) is 0 Å².